The molecule has 7 heteroatoms. The first kappa shape index (κ1) is 25.6. The third kappa shape index (κ3) is 10.0. The Kier molecular flexibility index (Phi) is 10.7. The number of rotatable bonds is 12. The summed E-state index contributed by atoms with van der Waals surface area (Å²) in [5.41, 5.74) is 1.92. The Balaban J connectivity index is 1.84. The van der Waals surface area contributed by atoms with Gasteiger partial charge in [-0.3, -0.25) is 9.59 Å². The zero-order valence-electron chi connectivity index (χ0n) is 19.3. The van der Waals surface area contributed by atoms with Crippen LogP contribution in [0.15, 0.2) is 73.3 Å². The van der Waals surface area contributed by atoms with E-state index in [-0.39, 0.29) is 31.0 Å². The molecule has 0 aliphatic rings. The minimum Gasteiger partial charge on any atom is -0.445 e. The SMILES string of the molecule is C=C[C@H](Cc1ccccc1)NC(=O)[C@H](CC(C)C)NC(=O)CNC(=O)OCc1ccccc1. The summed E-state index contributed by atoms with van der Waals surface area (Å²) in [4.78, 5) is 37.1. The summed E-state index contributed by atoms with van der Waals surface area (Å²) in [6.07, 6.45) is 2.05. The van der Waals surface area contributed by atoms with Gasteiger partial charge in [-0.1, -0.05) is 80.6 Å². The van der Waals surface area contributed by atoms with Crippen LogP contribution in [0.1, 0.15) is 31.4 Å². The zero-order valence-corrected chi connectivity index (χ0v) is 19.3. The largest absolute Gasteiger partial charge is 0.445 e. The maximum absolute atomic E-state index is 12.9. The molecular formula is C26H33N3O4. The van der Waals surface area contributed by atoms with Crippen molar-refractivity contribution in [2.75, 3.05) is 6.54 Å². The Labute approximate surface area is 195 Å². The minimum atomic E-state index is -0.724. The van der Waals surface area contributed by atoms with Gasteiger partial charge in [-0.15, -0.1) is 6.58 Å². The molecule has 2 aromatic rings. The highest BCUT2D eigenvalue weighted by Gasteiger charge is 2.24. The molecule has 0 heterocycles. The van der Waals surface area contributed by atoms with Crippen LogP contribution < -0.4 is 16.0 Å². The van der Waals surface area contributed by atoms with Crippen molar-refractivity contribution in [2.45, 2.75) is 45.4 Å². The van der Waals surface area contributed by atoms with Gasteiger partial charge in [0.15, 0.2) is 0 Å². The van der Waals surface area contributed by atoms with Crippen LogP contribution in [0.25, 0.3) is 0 Å². The van der Waals surface area contributed by atoms with Crippen molar-refractivity contribution in [1.29, 1.82) is 0 Å². The fraction of sp³-hybridized carbons (Fsp3) is 0.346. The molecule has 0 unspecified atom stereocenters. The van der Waals surface area contributed by atoms with Crippen molar-refractivity contribution in [3.05, 3.63) is 84.4 Å². The van der Waals surface area contributed by atoms with E-state index in [1.807, 2.05) is 74.5 Å². The highest BCUT2D eigenvalue weighted by atomic mass is 16.5. The lowest BCUT2D eigenvalue weighted by Gasteiger charge is -2.23. The molecule has 3 N–H and O–H groups in total. The van der Waals surface area contributed by atoms with E-state index in [2.05, 4.69) is 22.5 Å². The minimum absolute atomic E-state index is 0.108. The van der Waals surface area contributed by atoms with Crippen molar-refractivity contribution in [2.24, 2.45) is 5.92 Å². The van der Waals surface area contributed by atoms with E-state index in [1.54, 1.807) is 6.08 Å². The van der Waals surface area contributed by atoms with E-state index in [9.17, 15) is 14.4 Å². The third-order valence-electron chi connectivity index (χ3n) is 4.88. The van der Waals surface area contributed by atoms with Crippen LogP contribution in [-0.2, 0) is 27.4 Å². The molecule has 2 atom stereocenters. The molecule has 0 radical (unpaired) electrons. The highest BCUT2D eigenvalue weighted by Crippen LogP contribution is 2.08. The van der Waals surface area contributed by atoms with Crippen LogP contribution in [0.4, 0.5) is 4.79 Å². The second-order valence-electron chi connectivity index (χ2n) is 8.21. The van der Waals surface area contributed by atoms with E-state index in [0.717, 1.165) is 11.1 Å². The lowest BCUT2D eigenvalue weighted by atomic mass is 10.0. The molecular weight excluding hydrogens is 418 g/mol. The molecule has 2 rings (SSSR count). The molecule has 0 saturated carbocycles. The number of hydrogen-bond acceptors (Lipinski definition) is 4. The van der Waals surface area contributed by atoms with Crippen molar-refractivity contribution in [3.63, 3.8) is 0 Å². The summed E-state index contributed by atoms with van der Waals surface area (Å²) in [6.45, 7) is 7.58. The van der Waals surface area contributed by atoms with Crippen LogP contribution in [0, 0.1) is 5.92 Å². The standard InChI is InChI=1S/C26H33N3O4/c1-4-22(16-20-11-7-5-8-12-20)28-25(31)23(15-19(2)3)29-24(30)17-27-26(32)33-18-21-13-9-6-10-14-21/h4-14,19,22-23H,1,15-18H2,2-3H3,(H,27,32)(H,28,31)(H,29,30)/t22-,23+/m1/s1. The fourth-order valence-electron chi connectivity index (χ4n) is 3.22. The lowest BCUT2D eigenvalue weighted by Crippen LogP contribution is -2.52. The number of ether oxygens (including phenoxy) is 1. The molecule has 0 saturated heterocycles. The first-order chi connectivity index (χ1) is 15.9. The van der Waals surface area contributed by atoms with Gasteiger partial charge < -0.3 is 20.7 Å². The van der Waals surface area contributed by atoms with E-state index < -0.39 is 18.0 Å². The summed E-state index contributed by atoms with van der Waals surface area (Å²) in [7, 11) is 0. The average Bonchev–Trinajstić information content (AvgIpc) is 2.81. The highest BCUT2D eigenvalue weighted by molar-refractivity contribution is 5.89. The van der Waals surface area contributed by atoms with Crippen LogP contribution in [0.3, 0.4) is 0 Å². The predicted molar refractivity (Wildman–Crippen MR) is 128 cm³/mol. The Bertz CT molecular complexity index is 900. The summed E-state index contributed by atoms with van der Waals surface area (Å²) < 4.78 is 5.10. The normalized spacial score (nSPS) is 12.3. The number of benzene rings is 2. The van der Waals surface area contributed by atoms with Gasteiger partial charge in [-0.25, -0.2) is 4.79 Å². The van der Waals surface area contributed by atoms with Gasteiger partial charge in [0.25, 0.3) is 0 Å². The molecule has 7 nitrogen and oxygen atoms in total. The second kappa shape index (κ2) is 13.7. The van der Waals surface area contributed by atoms with Crippen molar-refractivity contribution >= 4 is 17.9 Å². The molecule has 0 bridgehead atoms. The van der Waals surface area contributed by atoms with Gasteiger partial charge in [0.2, 0.25) is 11.8 Å². The van der Waals surface area contributed by atoms with E-state index in [0.29, 0.717) is 12.8 Å². The molecule has 0 fully saturated rings. The van der Waals surface area contributed by atoms with Gasteiger partial charge in [-0.05, 0) is 29.9 Å². The number of alkyl carbamates (subject to hydrolysis) is 1. The number of hydrogen-bond donors (Lipinski definition) is 3. The van der Waals surface area contributed by atoms with Gasteiger partial charge in [-0.2, -0.15) is 0 Å². The number of carbonyl (C=O) groups is 3. The van der Waals surface area contributed by atoms with Gasteiger partial charge >= 0.3 is 6.09 Å². The topological polar surface area (TPSA) is 96.5 Å². The molecule has 0 aromatic heterocycles. The number of amides is 3. The summed E-state index contributed by atoms with van der Waals surface area (Å²) in [6, 6.07) is 18.0. The molecule has 33 heavy (non-hydrogen) atoms. The maximum Gasteiger partial charge on any atom is 0.407 e. The van der Waals surface area contributed by atoms with Gasteiger partial charge in [0.1, 0.15) is 19.2 Å². The van der Waals surface area contributed by atoms with Crippen LogP contribution in [0.2, 0.25) is 0 Å². The van der Waals surface area contributed by atoms with E-state index >= 15 is 0 Å². The van der Waals surface area contributed by atoms with Crippen LogP contribution >= 0.6 is 0 Å². The summed E-state index contributed by atoms with van der Waals surface area (Å²) in [5, 5.41) is 8.07. The Morgan fingerprint density at radius 3 is 2.12 bits per heavy atom. The first-order valence-electron chi connectivity index (χ1n) is 11.1. The quantitative estimate of drug-likeness (QED) is 0.431. The Morgan fingerprint density at radius 2 is 1.55 bits per heavy atom. The second-order valence-corrected chi connectivity index (χ2v) is 8.21. The smallest absolute Gasteiger partial charge is 0.407 e. The molecule has 176 valence electrons. The average molecular weight is 452 g/mol. The maximum atomic E-state index is 12.9. The fourth-order valence-corrected chi connectivity index (χ4v) is 3.22. The first-order valence-corrected chi connectivity index (χ1v) is 11.1. The van der Waals surface area contributed by atoms with Crippen LogP contribution in [0.5, 0.6) is 0 Å². The molecule has 2 aromatic carbocycles. The Morgan fingerprint density at radius 1 is 0.939 bits per heavy atom. The number of carbonyl (C=O) groups excluding carboxylic acids is 3. The third-order valence-corrected chi connectivity index (χ3v) is 4.88. The Hall–Kier alpha value is -3.61. The monoisotopic (exact) mass is 451 g/mol. The van der Waals surface area contributed by atoms with Crippen molar-refractivity contribution in [3.8, 4) is 0 Å². The molecule has 0 spiro atoms. The van der Waals surface area contributed by atoms with Gasteiger partial charge in [0, 0.05) is 0 Å². The van der Waals surface area contributed by atoms with Gasteiger partial charge in [0.05, 0.1) is 6.04 Å². The van der Waals surface area contributed by atoms with E-state index in [4.69, 9.17) is 4.74 Å². The van der Waals surface area contributed by atoms with Crippen molar-refractivity contribution in [1.82, 2.24) is 16.0 Å². The van der Waals surface area contributed by atoms with Crippen LogP contribution in [-0.4, -0.2) is 36.5 Å². The summed E-state index contributed by atoms with van der Waals surface area (Å²) in [5.74, 6) is -0.573. The lowest BCUT2D eigenvalue weighted by molar-refractivity contribution is -0.129. The molecule has 0 aliphatic carbocycles. The van der Waals surface area contributed by atoms with Crippen molar-refractivity contribution < 1.29 is 19.1 Å². The zero-order chi connectivity index (χ0) is 24.1. The summed E-state index contributed by atoms with van der Waals surface area (Å²) >= 11 is 0. The molecule has 0 aliphatic heterocycles. The molecule has 3 amide bonds. The predicted octanol–water partition coefficient (Wildman–Crippen LogP) is 3.36. The number of nitrogens with one attached hydrogen (secondary N) is 3. The van der Waals surface area contributed by atoms with E-state index in [1.165, 1.54) is 0 Å².